The minimum absolute atomic E-state index is 0.0191. The van der Waals surface area contributed by atoms with Gasteiger partial charge in [0.2, 0.25) is 0 Å². The number of carboxylic acid groups (broad SMARTS) is 1. The molecule has 0 atom stereocenters. The first-order valence-electron chi connectivity index (χ1n) is 6.79. The van der Waals surface area contributed by atoms with E-state index in [1.54, 1.807) is 33.8 Å². The van der Waals surface area contributed by atoms with E-state index in [0.29, 0.717) is 5.56 Å². The third-order valence-corrected chi connectivity index (χ3v) is 5.78. The molecule has 1 amide bonds. The molecular formula is C15H21NO5S. The minimum atomic E-state index is -3.31. The van der Waals surface area contributed by atoms with Gasteiger partial charge in [0.15, 0.2) is 9.84 Å². The van der Waals surface area contributed by atoms with Gasteiger partial charge in [-0.05, 0) is 51.5 Å². The number of carbonyl (C=O) groups excluding carboxylic acids is 1. The summed E-state index contributed by atoms with van der Waals surface area (Å²) in [4.78, 5) is 23.0. The number of carboxylic acids is 1. The highest BCUT2D eigenvalue weighted by Gasteiger charge is 2.28. The second kappa shape index (κ2) is 6.48. The van der Waals surface area contributed by atoms with Gasteiger partial charge < -0.3 is 10.4 Å². The number of aromatic carboxylic acids is 1. The second-order valence-electron chi connectivity index (χ2n) is 6.08. The standard InChI is InChI=1S/C15H21NO5S/c1-10-7-11(9-12(8-10)14(18)19)13(17)16-5-6-22(20,21)15(2,3)4/h7-9H,5-6H2,1-4H3,(H,16,17)(H,18,19). The maximum Gasteiger partial charge on any atom is 0.335 e. The fourth-order valence-corrected chi connectivity index (χ4v) is 2.73. The molecule has 0 aliphatic heterocycles. The molecule has 0 aliphatic rings. The lowest BCUT2D eigenvalue weighted by molar-refractivity contribution is 0.0696. The Balaban J connectivity index is 2.77. The van der Waals surface area contributed by atoms with Gasteiger partial charge in [-0.2, -0.15) is 0 Å². The van der Waals surface area contributed by atoms with Crippen molar-refractivity contribution in [3.05, 3.63) is 34.9 Å². The maximum atomic E-state index is 12.0. The molecule has 2 N–H and O–H groups in total. The Kier molecular flexibility index (Phi) is 5.35. The summed E-state index contributed by atoms with van der Waals surface area (Å²) in [6, 6.07) is 4.28. The molecule has 1 aromatic rings. The molecule has 0 saturated carbocycles. The van der Waals surface area contributed by atoms with E-state index in [4.69, 9.17) is 5.11 Å². The predicted octanol–water partition coefficient (Wildman–Crippen LogP) is 1.64. The summed E-state index contributed by atoms with van der Waals surface area (Å²) in [5.41, 5.74) is 0.866. The molecule has 7 heteroatoms. The van der Waals surface area contributed by atoms with E-state index in [0.717, 1.165) is 0 Å². The van der Waals surface area contributed by atoms with Gasteiger partial charge in [0.1, 0.15) is 0 Å². The van der Waals surface area contributed by atoms with Gasteiger partial charge in [0.25, 0.3) is 5.91 Å². The lowest BCUT2D eigenvalue weighted by Crippen LogP contribution is -2.36. The van der Waals surface area contributed by atoms with Crippen LogP contribution in [0.3, 0.4) is 0 Å². The van der Waals surface area contributed by atoms with Crippen LogP contribution >= 0.6 is 0 Å². The Hall–Kier alpha value is -1.89. The molecule has 0 unspecified atom stereocenters. The quantitative estimate of drug-likeness (QED) is 0.856. The lowest BCUT2D eigenvalue weighted by Gasteiger charge is -2.19. The number of benzene rings is 1. The molecule has 0 heterocycles. The summed E-state index contributed by atoms with van der Waals surface area (Å²) in [5, 5.41) is 11.5. The molecule has 0 spiro atoms. The summed E-state index contributed by atoms with van der Waals surface area (Å²) < 4.78 is 23.0. The number of hydrogen-bond donors (Lipinski definition) is 2. The first kappa shape index (κ1) is 18.2. The highest BCUT2D eigenvalue weighted by Crippen LogP contribution is 2.15. The molecule has 6 nitrogen and oxygen atoms in total. The van der Waals surface area contributed by atoms with Crippen molar-refractivity contribution in [3.8, 4) is 0 Å². The van der Waals surface area contributed by atoms with E-state index < -0.39 is 26.5 Å². The van der Waals surface area contributed by atoms with E-state index >= 15 is 0 Å². The highest BCUT2D eigenvalue weighted by atomic mass is 32.2. The summed E-state index contributed by atoms with van der Waals surface area (Å²) in [6.45, 7) is 6.47. The zero-order chi connectivity index (χ0) is 17.1. The molecule has 0 bridgehead atoms. The van der Waals surface area contributed by atoms with Crippen LogP contribution in [-0.4, -0.2) is 42.4 Å². The Bertz CT molecular complexity index is 686. The zero-order valence-corrected chi connectivity index (χ0v) is 14.0. The second-order valence-corrected chi connectivity index (χ2v) is 8.94. The smallest absolute Gasteiger partial charge is 0.335 e. The number of rotatable bonds is 5. The summed E-state index contributed by atoms with van der Waals surface area (Å²) in [5.74, 6) is -1.77. The van der Waals surface area contributed by atoms with Crippen molar-refractivity contribution >= 4 is 21.7 Å². The van der Waals surface area contributed by atoms with E-state index in [9.17, 15) is 18.0 Å². The van der Waals surface area contributed by atoms with Crippen molar-refractivity contribution in [1.82, 2.24) is 5.32 Å². The molecule has 0 aromatic heterocycles. The molecular weight excluding hydrogens is 306 g/mol. The van der Waals surface area contributed by atoms with E-state index in [1.807, 2.05) is 0 Å². The van der Waals surface area contributed by atoms with Crippen molar-refractivity contribution < 1.29 is 23.1 Å². The molecule has 122 valence electrons. The van der Waals surface area contributed by atoms with Crippen LogP contribution in [0, 0.1) is 6.92 Å². The van der Waals surface area contributed by atoms with Gasteiger partial charge in [-0.15, -0.1) is 0 Å². The maximum absolute atomic E-state index is 12.0. The third kappa shape index (κ3) is 4.56. The Morgan fingerprint density at radius 3 is 2.18 bits per heavy atom. The average Bonchev–Trinajstić information content (AvgIpc) is 2.36. The van der Waals surface area contributed by atoms with Crippen LogP contribution in [0.15, 0.2) is 18.2 Å². The number of aryl methyl sites for hydroxylation is 1. The summed E-state index contributed by atoms with van der Waals surface area (Å²) in [7, 11) is -3.31. The molecule has 22 heavy (non-hydrogen) atoms. The monoisotopic (exact) mass is 327 g/mol. The van der Waals surface area contributed by atoms with Gasteiger partial charge in [-0.25, -0.2) is 13.2 Å². The molecule has 1 aromatic carbocycles. The summed E-state index contributed by atoms with van der Waals surface area (Å²) >= 11 is 0. The first-order valence-corrected chi connectivity index (χ1v) is 8.45. The van der Waals surface area contributed by atoms with Gasteiger partial charge in [-0.3, -0.25) is 4.79 Å². The fourth-order valence-electron chi connectivity index (χ4n) is 1.74. The summed E-state index contributed by atoms with van der Waals surface area (Å²) in [6.07, 6.45) is 0. The highest BCUT2D eigenvalue weighted by molar-refractivity contribution is 7.92. The number of amides is 1. The molecule has 0 fully saturated rings. The van der Waals surface area contributed by atoms with E-state index in [-0.39, 0.29) is 23.4 Å². The Morgan fingerprint density at radius 2 is 1.68 bits per heavy atom. The van der Waals surface area contributed by atoms with Crippen LogP contribution in [-0.2, 0) is 9.84 Å². The van der Waals surface area contributed by atoms with Crippen LogP contribution < -0.4 is 5.32 Å². The van der Waals surface area contributed by atoms with E-state index in [2.05, 4.69) is 5.32 Å². The minimum Gasteiger partial charge on any atom is -0.478 e. The van der Waals surface area contributed by atoms with Crippen molar-refractivity contribution in [1.29, 1.82) is 0 Å². The third-order valence-electron chi connectivity index (χ3n) is 3.18. The van der Waals surface area contributed by atoms with Gasteiger partial charge >= 0.3 is 5.97 Å². The molecule has 0 radical (unpaired) electrons. The molecule has 0 aliphatic carbocycles. The molecule has 0 saturated heterocycles. The normalized spacial score (nSPS) is 12.0. The first-order chi connectivity index (χ1) is 9.94. The van der Waals surface area contributed by atoms with E-state index in [1.165, 1.54) is 12.1 Å². The van der Waals surface area contributed by atoms with Crippen LogP contribution in [0.4, 0.5) is 0 Å². The number of carbonyl (C=O) groups is 2. The Labute approximate surface area is 130 Å². The van der Waals surface area contributed by atoms with Crippen molar-refractivity contribution in [3.63, 3.8) is 0 Å². The lowest BCUT2D eigenvalue weighted by atomic mass is 10.1. The topological polar surface area (TPSA) is 101 Å². The van der Waals surface area contributed by atoms with Crippen molar-refractivity contribution in [2.24, 2.45) is 0 Å². The number of hydrogen-bond acceptors (Lipinski definition) is 4. The van der Waals surface area contributed by atoms with Crippen LogP contribution in [0.1, 0.15) is 47.1 Å². The number of nitrogens with one attached hydrogen (secondary N) is 1. The SMILES string of the molecule is Cc1cc(C(=O)O)cc(C(=O)NCCS(=O)(=O)C(C)(C)C)c1. The fraction of sp³-hybridized carbons (Fsp3) is 0.467. The molecule has 1 rings (SSSR count). The van der Waals surface area contributed by atoms with Crippen LogP contribution in [0.2, 0.25) is 0 Å². The van der Waals surface area contributed by atoms with Crippen molar-refractivity contribution in [2.75, 3.05) is 12.3 Å². The van der Waals surface area contributed by atoms with Gasteiger partial charge in [0, 0.05) is 12.1 Å². The van der Waals surface area contributed by atoms with Crippen LogP contribution in [0.25, 0.3) is 0 Å². The van der Waals surface area contributed by atoms with Crippen LogP contribution in [0.5, 0.6) is 0 Å². The average molecular weight is 327 g/mol. The van der Waals surface area contributed by atoms with Crippen molar-refractivity contribution in [2.45, 2.75) is 32.4 Å². The van der Waals surface area contributed by atoms with Gasteiger partial charge in [-0.1, -0.05) is 0 Å². The number of sulfone groups is 1. The largest absolute Gasteiger partial charge is 0.478 e. The van der Waals surface area contributed by atoms with Gasteiger partial charge in [0.05, 0.1) is 16.1 Å². The predicted molar refractivity (Wildman–Crippen MR) is 84.0 cm³/mol. The zero-order valence-electron chi connectivity index (χ0n) is 13.1. The Morgan fingerprint density at radius 1 is 1.14 bits per heavy atom.